The van der Waals surface area contributed by atoms with Gasteiger partial charge in [0.25, 0.3) is 5.91 Å². The molecule has 3 aromatic rings. The number of hydrogen-bond acceptors (Lipinski definition) is 4. The molecule has 0 bridgehead atoms. The van der Waals surface area contributed by atoms with Crippen molar-refractivity contribution >= 4 is 21.6 Å². The van der Waals surface area contributed by atoms with E-state index in [1.807, 2.05) is 36.4 Å². The molecule has 8 heteroatoms. The number of anilines is 1. The lowest BCUT2D eigenvalue weighted by atomic mass is 10.2. The van der Waals surface area contributed by atoms with Crippen molar-refractivity contribution in [2.45, 2.75) is 36.5 Å². The number of rotatable bonds is 6. The van der Waals surface area contributed by atoms with Crippen molar-refractivity contribution in [2.75, 3.05) is 18.4 Å². The molecular weight excluding hydrogens is 412 g/mol. The van der Waals surface area contributed by atoms with Gasteiger partial charge in [-0.1, -0.05) is 24.3 Å². The average Bonchev–Trinajstić information content (AvgIpc) is 3.29. The Hall–Kier alpha value is -2.97. The van der Waals surface area contributed by atoms with Gasteiger partial charge >= 0.3 is 0 Å². The molecule has 31 heavy (non-hydrogen) atoms. The number of carbonyl (C=O) groups is 1. The molecule has 1 aliphatic heterocycles. The van der Waals surface area contributed by atoms with E-state index in [1.54, 1.807) is 22.9 Å². The summed E-state index contributed by atoms with van der Waals surface area (Å²) in [5.74, 6) is 0.0874. The molecule has 5 rings (SSSR count). The van der Waals surface area contributed by atoms with Gasteiger partial charge in [-0.25, -0.2) is 13.1 Å². The van der Waals surface area contributed by atoms with Gasteiger partial charge in [0.1, 0.15) is 5.69 Å². The Balaban J connectivity index is 1.43. The van der Waals surface area contributed by atoms with Crippen LogP contribution in [0.5, 0.6) is 0 Å². The second kappa shape index (κ2) is 7.94. The van der Waals surface area contributed by atoms with Crippen LogP contribution < -0.4 is 5.32 Å². The molecule has 0 spiro atoms. The van der Waals surface area contributed by atoms with Crippen LogP contribution in [0.4, 0.5) is 5.69 Å². The average molecular weight is 437 g/mol. The van der Waals surface area contributed by atoms with Gasteiger partial charge in [-0.2, -0.15) is 9.40 Å². The Kier molecular flexibility index (Phi) is 5.11. The van der Waals surface area contributed by atoms with E-state index in [-0.39, 0.29) is 10.8 Å². The topological polar surface area (TPSA) is 84.3 Å². The molecule has 1 saturated carbocycles. The van der Waals surface area contributed by atoms with E-state index >= 15 is 0 Å². The highest BCUT2D eigenvalue weighted by molar-refractivity contribution is 7.89. The highest BCUT2D eigenvalue weighted by atomic mass is 32.2. The number of nitrogens with one attached hydrogen (secondary N) is 1. The van der Waals surface area contributed by atoms with Gasteiger partial charge in [-0.15, -0.1) is 0 Å². The fourth-order valence-corrected chi connectivity index (χ4v) is 5.48. The normalized spacial score (nSPS) is 17.0. The van der Waals surface area contributed by atoms with E-state index in [4.69, 9.17) is 0 Å². The minimum absolute atomic E-state index is 0.197. The van der Waals surface area contributed by atoms with Crippen molar-refractivity contribution in [3.05, 3.63) is 72.1 Å². The maximum Gasteiger partial charge on any atom is 0.274 e. The van der Waals surface area contributed by atoms with E-state index in [1.165, 1.54) is 10.4 Å². The van der Waals surface area contributed by atoms with Gasteiger partial charge < -0.3 is 5.32 Å². The summed E-state index contributed by atoms with van der Waals surface area (Å²) >= 11 is 0. The Morgan fingerprint density at radius 2 is 1.71 bits per heavy atom. The summed E-state index contributed by atoms with van der Waals surface area (Å²) in [5, 5.41) is 7.53. The van der Waals surface area contributed by atoms with E-state index in [9.17, 15) is 13.2 Å². The van der Waals surface area contributed by atoms with E-state index in [2.05, 4.69) is 10.4 Å². The Labute approximate surface area is 181 Å². The first-order valence-electron chi connectivity index (χ1n) is 10.6. The smallest absolute Gasteiger partial charge is 0.274 e. The zero-order valence-corrected chi connectivity index (χ0v) is 17.9. The van der Waals surface area contributed by atoms with Crippen LogP contribution in [0.1, 0.15) is 47.8 Å². The second-order valence-electron chi connectivity index (χ2n) is 8.07. The molecule has 2 aromatic carbocycles. The molecule has 0 unspecified atom stereocenters. The fourth-order valence-electron chi connectivity index (χ4n) is 3.91. The van der Waals surface area contributed by atoms with Crippen LogP contribution in [0.2, 0.25) is 0 Å². The number of para-hydroxylation sites is 1. The van der Waals surface area contributed by atoms with Crippen LogP contribution in [0, 0.1) is 0 Å². The second-order valence-corrected chi connectivity index (χ2v) is 10.0. The SMILES string of the molecule is O=C(Nc1cccc(S(=O)(=O)N2CCCC2)c1)c1cc(C2CC2)nn1-c1ccccc1. The van der Waals surface area contributed by atoms with Gasteiger partial charge in [0.2, 0.25) is 10.0 Å². The van der Waals surface area contributed by atoms with Crippen LogP contribution in [0.3, 0.4) is 0 Å². The molecule has 1 amide bonds. The molecule has 160 valence electrons. The third kappa shape index (κ3) is 4.00. The van der Waals surface area contributed by atoms with Crippen molar-refractivity contribution in [3.8, 4) is 5.69 Å². The quantitative estimate of drug-likeness (QED) is 0.637. The Bertz CT molecular complexity index is 1210. The molecule has 0 radical (unpaired) electrons. The van der Waals surface area contributed by atoms with Gasteiger partial charge in [-0.05, 0) is 62.1 Å². The summed E-state index contributed by atoms with van der Waals surface area (Å²) in [5.41, 5.74) is 2.60. The van der Waals surface area contributed by atoms with Crippen LogP contribution in [0.25, 0.3) is 5.69 Å². The summed E-state index contributed by atoms with van der Waals surface area (Å²) in [6.45, 7) is 1.08. The molecule has 1 N–H and O–H groups in total. The lowest BCUT2D eigenvalue weighted by Crippen LogP contribution is -2.28. The lowest BCUT2D eigenvalue weighted by molar-refractivity contribution is 0.101. The van der Waals surface area contributed by atoms with Crippen LogP contribution in [-0.2, 0) is 10.0 Å². The summed E-state index contributed by atoms with van der Waals surface area (Å²) < 4.78 is 28.9. The predicted octanol–water partition coefficient (Wildman–Crippen LogP) is 3.79. The van der Waals surface area contributed by atoms with E-state index < -0.39 is 10.0 Å². The minimum Gasteiger partial charge on any atom is -0.321 e. The third-order valence-electron chi connectivity index (χ3n) is 5.75. The molecule has 1 saturated heterocycles. The van der Waals surface area contributed by atoms with Crippen molar-refractivity contribution in [2.24, 2.45) is 0 Å². The number of hydrogen-bond donors (Lipinski definition) is 1. The zero-order chi connectivity index (χ0) is 21.4. The zero-order valence-electron chi connectivity index (χ0n) is 17.1. The Morgan fingerprint density at radius 3 is 2.42 bits per heavy atom. The van der Waals surface area contributed by atoms with E-state index in [0.29, 0.717) is 30.4 Å². The summed E-state index contributed by atoms with van der Waals surface area (Å²) in [4.78, 5) is 13.3. The summed E-state index contributed by atoms with van der Waals surface area (Å²) in [6.07, 6.45) is 3.93. The molecule has 7 nitrogen and oxygen atoms in total. The molecule has 1 aromatic heterocycles. The number of benzene rings is 2. The van der Waals surface area contributed by atoms with Crippen LogP contribution in [-0.4, -0.2) is 41.5 Å². The first-order valence-corrected chi connectivity index (χ1v) is 12.0. The van der Waals surface area contributed by atoms with Crippen molar-refractivity contribution in [1.29, 1.82) is 0 Å². The predicted molar refractivity (Wildman–Crippen MR) is 118 cm³/mol. The highest BCUT2D eigenvalue weighted by Crippen LogP contribution is 2.39. The van der Waals surface area contributed by atoms with E-state index in [0.717, 1.165) is 37.1 Å². The van der Waals surface area contributed by atoms with Gasteiger partial charge in [-0.3, -0.25) is 4.79 Å². The largest absolute Gasteiger partial charge is 0.321 e. The van der Waals surface area contributed by atoms with Crippen molar-refractivity contribution in [1.82, 2.24) is 14.1 Å². The fraction of sp³-hybridized carbons (Fsp3) is 0.304. The number of amides is 1. The van der Waals surface area contributed by atoms with Crippen LogP contribution >= 0.6 is 0 Å². The maximum absolute atomic E-state index is 13.1. The highest BCUT2D eigenvalue weighted by Gasteiger charge is 2.30. The summed E-state index contributed by atoms with van der Waals surface area (Å²) in [7, 11) is -3.55. The third-order valence-corrected chi connectivity index (χ3v) is 7.65. The number of carbonyl (C=O) groups excluding carboxylic acids is 1. The number of sulfonamides is 1. The summed E-state index contributed by atoms with van der Waals surface area (Å²) in [6, 6.07) is 17.8. The van der Waals surface area contributed by atoms with Gasteiger partial charge in [0, 0.05) is 24.7 Å². The van der Waals surface area contributed by atoms with Crippen LogP contribution in [0.15, 0.2) is 65.6 Å². The molecule has 1 aliphatic carbocycles. The van der Waals surface area contributed by atoms with Crippen molar-refractivity contribution in [3.63, 3.8) is 0 Å². The molecule has 2 fully saturated rings. The monoisotopic (exact) mass is 436 g/mol. The first kappa shape index (κ1) is 20.0. The Morgan fingerprint density at radius 1 is 0.968 bits per heavy atom. The molecule has 0 atom stereocenters. The minimum atomic E-state index is -3.55. The molecule has 2 heterocycles. The van der Waals surface area contributed by atoms with Crippen molar-refractivity contribution < 1.29 is 13.2 Å². The number of nitrogens with zero attached hydrogens (tertiary/aromatic N) is 3. The van der Waals surface area contributed by atoms with Gasteiger partial charge in [0.05, 0.1) is 16.3 Å². The molecule has 2 aliphatic rings. The maximum atomic E-state index is 13.1. The standard InChI is InChI=1S/C23H24N4O3S/c28-23(22-16-21(17-11-12-17)25-27(22)19-8-2-1-3-9-19)24-18-7-6-10-20(15-18)31(29,30)26-13-4-5-14-26/h1-3,6-10,15-17H,4-5,11-14H2,(H,24,28). The first-order chi connectivity index (χ1) is 15.0. The van der Waals surface area contributed by atoms with Gasteiger partial charge in [0.15, 0.2) is 0 Å². The number of aromatic nitrogens is 2. The molecular formula is C23H24N4O3S. The lowest BCUT2D eigenvalue weighted by Gasteiger charge is -2.16.